The SMILES string of the molecule is c1ccc(-c2cc(-c3cccc(-c4cc5ccccc5c5nc6ccccc6n45)c3)nc(-c3ccccc3)n2)cc1.c1ccc(-c2cc(-c3ccccc3)nc(-c3cc4ccccc4c4nc5ccccc5n34)n2)cc1.c1ccc(-c2nc(-c3ccccc3)nc(-c3cc4ccccc4c4nc5ccccc5n34)n2)cc1.c1ccc(-n2c3ccccc3c3cc(-c4cc5ccccc5c5nc6ccccc6n45)ccc32)cc1. The summed E-state index contributed by atoms with van der Waals surface area (Å²) in [6, 6.07) is 176. The largest absolute Gasteiger partial charge is 0.309 e. The molecule has 30 aromatic rings. The summed E-state index contributed by atoms with van der Waals surface area (Å²) in [6.07, 6.45) is 0. The Morgan fingerprint density at radius 1 is 0.136 bits per heavy atom. The van der Waals surface area contributed by atoms with Crippen LogP contribution >= 0.6 is 0 Å². The third kappa shape index (κ3) is 15.7. The summed E-state index contributed by atoms with van der Waals surface area (Å²) in [4.78, 5) is 55.0. The molecule has 16 nitrogen and oxygen atoms in total. The number of benzene rings is 18. The molecule has 0 N–H and O–H groups in total. The highest BCUT2D eigenvalue weighted by atomic mass is 15.1. The maximum absolute atomic E-state index is 5.08. The monoisotopic (exact) mass is 1880 g/mol. The average Bonchev–Trinajstić information content (AvgIpc) is 1.60. The molecule has 18 aromatic carbocycles. The van der Waals surface area contributed by atoms with Crippen LogP contribution in [0, 0.1) is 0 Å². The summed E-state index contributed by atoms with van der Waals surface area (Å²) >= 11 is 0. The zero-order chi connectivity index (χ0) is 97.2. The quantitative estimate of drug-likeness (QED) is 0.114. The van der Waals surface area contributed by atoms with E-state index in [0.717, 1.165) is 189 Å². The van der Waals surface area contributed by atoms with E-state index in [4.69, 9.17) is 54.8 Å². The fourth-order valence-electron chi connectivity index (χ4n) is 20.6. The number of nitrogens with zero attached hydrogens (tertiary/aromatic N) is 16. The van der Waals surface area contributed by atoms with E-state index in [1.807, 2.05) is 182 Å². The van der Waals surface area contributed by atoms with E-state index >= 15 is 0 Å². The number of aromatic nitrogens is 16. The van der Waals surface area contributed by atoms with Gasteiger partial charge < -0.3 is 4.57 Å². The van der Waals surface area contributed by atoms with Gasteiger partial charge in [0.25, 0.3) is 0 Å². The molecule has 30 rings (SSSR count). The van der Waals surface area contributed by atoms with Crippen LogP contribution in [0.1, 0.15) is 0 Å². The first-order valence-corrected chi connectivity index (χ1v) is 49.1. The zero-order valence-electron chi connectivity index (χ0n) is 79.2. The van der Waals surface area contributed by atoms with Gasteiger partial charge in [-0.1, -0.05) is 388 Å². The van der Waals surface area contributed by atoms with Crippen molar-refractivity contribution in [2.75, 3.05) is 0 Å². The Morgan fingerprint density at radius 2 is 0.395 bits per heavy atom. The molecule has 0 radical (unpaired) electrons. The zero-order valence-corrected chi connectivity index (χ0v) is 79.2. The van der Waals surface area contributed by atoms with Crippen molar-refractivity contribution < 1.29 is 0 Å². The molecule has 0 unspecified atom stereocenters. The molecule has 0 aliphatic heterocycles. The molecule has 0 atom stereocenters. The molecular formula is C131H84N16. The molecule has 0 aliphatic carbocycles. The highest BCUT2D eigenvalue weighted by Crippen LogP contribution is 2.43. The minimum absolute atomic E-state index is 0.608. The van der Waals surface area contributed by atoms with Gasteiger partial charge in [0, 0.05) is 76.9 Å². The maximum atomic E-state index is 5.08. The number of imidazole rings is 4. The Morgan fingerprint density at radius 3 is 0.782 bits per heavy atom. The second-order valence-corrected chi connectivity index (χ2v) is 36.4. The molecule has 0 fully saturated rings. The van der Waals surface area contributed by atoms with Gasteiger partial charge >= 0.3 is 0 Å². The summed E-state index contributed by atoms with van der Waals surface area (Å²) < 4.78 is 11.3. The Kier molecular flexibility index (Phi) is 21.5. The van der Waals surface area contributed by atoms with Gasteiger partial charge in [0.15, 0.2) is 29.1 Å². The van der Waals surface area contributed by atoms with Gasteiger partial charge in [-0.15, -0.1) is 0 Å². The van der Waals surface area contributed by atoms with Crippen molar-refractivity contribution in [3.63, 3.8) is 0 Å². The van der Waals surface area contributed by atoms with Crippen molar-refractivity contribution in [1.82, 2.24) is 77.0 Å². The second kappa shape index (κ2) is 36.8. The molecular weight excluding hydrogens is 1800 g/mol. The van der Waals surface area contributed by atoms with E-state index in [1.165, 1.54) is 43.8 Å². The van der Waals surface area contributed by atoms with Crippen molar-refractivity contribution in [2.24, 2.45) is 0 Å². The first kappa shape index (κ1) is 85.9. The number of pyridine rings is 4. The highest BCUT2D eigenvalue weighted by molar-refractivity contribution is 6.12. The van der Waals surface area contributed by atoms with Gasteiger partial charge in [-0.3, -0.25) is 17.6 Å². The molecule has 0 amide bonds. The van der Waals surface area contributed by atoms with Crippen LogP contribution in [0.15, 0.2) is 510 Å². The molecule has 12 heterocycles. The molecule has 688 valence electrons. The lowest BCUT2D eigenvalue weighted by atomic mass is 10.0. The topological polar surface area (TPSA) is 164 Å². The summed E-state index contributed by atoms with van der Waals surface area (Å²) in [5.74, 6) is 3.27. The molecule has 0 bridgehead atoms. The predicted octanol–water partition coefficient (Wildman–Crippen LogP) is 31.8. The molecule has 0 spiro atoms. The number of para-hydroxylation sites is 10. The van der Waals surface area contributed by atoms with Crippen LogP contribution in [-0.2, 0) is 0 Å². The third-order valence-corrected chi connectivity index (χ3v) is 27.5. The molecule has 0 saturated heterocycles. The Labute approximate surface area is 842 Å². The van der Waals surface area contributed by atoms with E-state index in [-0.39, 0.29) is 0 Å². The lowest BCUT2D eigenvalue weighted by Gasteiger charge is -2.13. The van der Waals surface area contributed by atoms with Crippen molar-refractivity contribution in [2.45, 2.75) is 0 Å². The van der Waals surface area contributed by atoms with Gasteiger partial charge in [-0.2, -0.15) is 0 Å². The van der Waals surface area contributed by atoms with Gasteiger partial charge in [0.2, 0.25) is 0 Å². The molecule has 12 aromatic heterocycles. The van der Waals surface area contributed by atoms with Crippen LogP contribution in [0.2, 0.25) is 0 Å². The lowest BCUT2D eigenvalue weighted by Crippen LogP contribution is -2.03. The third-order valence-electron chi connectivity index (χ3n) is 27.5. The smallest absolute Gasteiger partial charge is 0.180 e. The summed E-state index contributed by atoms with van der Waals surface area (Å²) in [5, 5.41) is 11.6. The van der Waals surface area contributed by atoms with Crippen LogP contribution < -0.4 is 0 Å². The highest BCUT2D eigenvalue weighted by Gasteiger charge is 2.25. The fraction of sp³-hybridized carbons (Fsp3) is 0. The van der Waals surface area contributed by atoms with Crippen molar-refractivity contribution in [3.05, 3.63) is 510 Å². The van der Waals surface area contributed by atoms with E-state index in [9.17, 15) is 0 Å². The van der Waals surface area contributed by atoms with Crippen LogP contribution in [0.3, 0.4) is 0 Å². The molecule has 16 heteroatoms. The van der Waals surface area contributed by atoms with Crippen LogP contribution in [0.25, 0.3) is 262 Å². The number of fused-ring (bicyclic) bond motifs is 23. The summed E-state index contributed by atoms with van der Waals surface area (Å²) in [5.41, 5.74) is 32.5. The number of hydrogen-bond acceptors (Lipinski definition) is 11. The normalized spacial score (nSPS) is 11.5. The number of rotatable bonds is 12. The molecule has 147 heavy (non-hydrogen) atoms. The van der Waals surface area contributed by atoms with Gasteiger partial charge in [0.1, 0.15) is 22.6 Å². The summed E-state index contributed by atoms with van der Waals surface area (Å²) in [7, 11) is 0. The predicted molar refractivity (Wildman–Crippen MR) is 600 cm³/mol. The minimum Gasteiger partial charge on any atom is -0.309 e. The lowest BCUT2D eigenvalue weighted by molar-refractivity contribution is 1.05. The van der Waals surface area contributed by atoms with Crippen LogP contribution in [0.4, 0.5) is 0 Å². The van der Waals surface area contributed by atoms with Crippen LogP contribution in [0.5, 0.6) is 0 Å². The van der Waals surface area contributed by atoms with Gasteiger partial charge in [-0.05, 0) is 154 Å². The van der Waals surface area contributed by atoms with E-state index in [2.05, 4.69) is 350 Å². The molecule has 0 saturated carbocycles. The number of hydrogen-bond donors (Lipinski definition) is 0. The Bertz CT molecular complexity index is 9880. The molecule has 0 aliphatic rings. The average molecular weight is 1880 g/mol. The van der Waals surface area contributed by atoms with Crippen LogP contribution in [-0.4, -0.2) is 77.0 Å². The Hall–Kier alpha value is -20.2. The first-order valence-electron chi connectivity index (χ1n) is 49.1. The fourth-order valence-corrected chi connectivity index (χ4v) is 20.6. The second-order valence-electron chi connectivity index (χ2n) is 36.4. The van der Waals surface area contributed by atoms with E-state index in [0.29, 0.717) is 29.1 Å². The van der Waals surface area contributed by atoms with Crippen molar-refractivity contribution in [3.8, 4) is 130 Å². The van der Waals surface area contributed by atoms with Gasteiger partial charge in [-0.25, -0.2) is 54.8 Å². The maximum Gasteiger partial charge on any atom is 0.180 e. The first-order chi connectivity index (χ1) is 72.9. The standard InChI is InChI=1S/C37H24N4.C33H21N3.C31H20N4.C30H19N5/c1-3-12-25(13-4-1)32-24-33(39-36(38-32)26-14-5-2-6-15-26)28-17-11-18-29(22-28)35-23-27-16-7-8-19-30(27)37-40-31-20-9-10-21-34(31)41(35)37;1-2-11-24(12-3-1)35-29-16-8-6-14-26(29)27-20-23(18-19-30(27)35)32-21-22-10-4-5-13-25(22)33-34-28-15-7-9-17-31(28)36(32)33;1-3-11-21(12-4-1)26-20-27(22-13-5-2-6-14-22)33-30(32-26)29-19-23-15-7-8-16-24(23)31-34-25-17-9-10-18-28(25)35(29)31;1-3-11-20(12-4-1)27-32-28(21-13-5-2-6-14-21)34-29(33-27)26-19-22-15-7-8-16-23(22)30-31-24-17-9-10-18-25(24)35(26)30/h1-24H;1-21H;1-20H;1-19H. The van der Waals surface area contributed by atoms with Gasteiger partial charge in [0.05, 0.1) is 101 Å². The minimum atomic E-state index is 0.608. The van der Waals surface area contributed by atoms with Crippen molar-refractivity contribution in [1.29, 1.82) is 0 Å². The van der Waals surface area contributed by atoms with Crippen molar-refractivity contribution >= 4 is 132 Å². The Balaban J connectivity index is 0.0000000971. The summed E-state index contributed by atoms with van der Waals surface area (Å²) in [6.45, 7) is 0. The van der Waals surface area contributed by atoms with E-state index < -0.39 is 0 Å². The van der Waals surface area contributed by atoms with E-state index in [1.54, 1.807) is 0 Å².